The van der Waals surface area contributed by atoms with Crippen LogP contribution in [0.1, 0.15) is 30.5 Å². The number of amides is 4. The zero-order valence-electron chi connectivity index (χ0n) is 20.5. The number of aromatic amines is 1. The van der Waals surface area contributed by atoms with Crippen LogP contribution in [-0.2, 0) is 36.8 Å². The highest BCUT2D eigenvalue weighted by atomic mass is 16.4. The first-order valence-corrected chi connectivity index (χ1v) is 12.0. The Kier molecular flexibility index (Phi) is 9.38. The molecule has 1 aromatic heterocycles. The smallest absolute Gasteiger partial charge is 0.326 e. The topological polar surface area (TPSA) is 234 Å². The van der Waals surface area contributed by atoms with Crippen LogP contribution in [0, 0.1) is 0 Å². The first-order valence-electron chi connectivity index (χ1n) is 12.0. The van der Waals surface area contributed by atoms with Gasteiger partial charge >= 0.3 is 5.97 Å². The fourth-order valence-corrected chi connectivity index (χ4v) is 4.24. The number of benzene rings is 1. The van der Waals surface area contributed by atoms with Gasteiger partial charge in [0.1, 0.15) is 23.9 Å². The number of nitrogens with two attached hydrogens (primary N) is 2. The predicted octanol–water partition coefficient (Wildman–Crippen LogP) is -1.85. The Bertz CT molecular complexity index is 1150. The molecule has 4 unspecified atom stereocenters. The van der Waals surface area contributed by atoms with E-state index in [-0.39, 0.29) is 31.6 Å². The number of primary amides is 1. The predicted molar refractivity (Wildman–Crippen MR) is 132 cm³/mol. The lowest BCUT2D eigenvalue weighted by atomic mass is 10.0. The lowest BCUT2D eigenvalue weighted by Gasteiger charge is -2.29. The van der Waals surface area contributed by atoms with E-state index in [1.54, 1.807) is 12.1 Å². The molecule has 0 bridgehead atoms. The van der Waals surface area contributed by atoms with Gasteiger partial charge in [0.15, 0.2) is 0 Å². The van der Waals surface area contributed by atoms with E-state index in [1.165, 1.54) is 29.6 Å². The highest BCUT2D eigenvalue weighted by Crippen LogP contribution is 2.20. The van der Waals surface area contributed by atoms with Gasteiger partial charge in [0.25, 0.3) is 0 Å². The molecule has 1 fully saturated rings. The number of aliphatic carboxylic acids is 1. The Labute approximate surface area is 217 Å². The van der Waals surface area contributed by atoms with Crippen LogP contribution in [0.2, 0.25) is 0 Å². The summed E-state index contributed by atoms with van der Waals surface area (Å²) in [5, 5.41) is 24.0. The molecule has 2 aromatic rings. The maximum atomic E-state index is 13.4. The van der Waals surface area contributed by atoms with Crippen molar-refractivity contribution in [3.05, 3.63) is 48.0 Å². The number of carbonyl (C=O) groups excluding carboxylic acids is 4. The number of H-pyrrole nitrogens is 1. The van der Waals surface area contributed by atoms with E-state index < -0.39 is 60.2 Å². The number of nitrogens with zero attached hydrogens (tertiary/aromatic N) is 2. The molecule has 1 aliphatic rings. The number of hydrogen-bond acceptors (Lipinski definition) is 8. The maximum absolute atomic E-state index is 13.4. The van der Waals surface area contributed by atoms with Crippen molar-refractivity contribution in [2.75, 3.05) is 6.54 Å². The van der Waals surface area contributed by atoms with Gasteiger partial charge in [-0.2, -0.15) is 0 Å². The molecule has 3 rings (SSSR count). The van der Waals surface area contributed by atoms with Gasteiger partial charge < -0.3 is 42.2 Å². The van der Waals surface area contributed by atoms with Crippen molar-refractivity contribution in [3.8, 4) is 5.75 Å². The minimum absolute atomic E-state index is 0.00171. The Hall–Kier alpha value is -4.46. The number of aromatic hydroxyl groups is 1. The van der Waals surface area contributed by atoms with Crippen LogP contribution in [0.25, 0.3) is 0 Å². The van der Waals surface area contributed by atoms with E-state index >= 15 is 0 Å². The Balaban J connectivity index is 1.78. The second kappa shape index (κ2) is 12.7. The van der Waals surface area contributed by atoms with Crippen LogP contribution in [0.3, 0.4) is 0 Å². The van der Waals surface area contributed by atoms with E-state index in [0.29, 0.717) is 17.7 Å². The molecule has 1 saturated heterocycles. The van der Waals surface area contributed by atoms with Crippen LogP contribution in [0.15, 0.2) is 36.8 Å². The van der Waals surface area contributed by atoms with Crippen LogP contribution >= 0.6 is 0 Å². The van der Waals surface area contributed by atoms with Crippen molar-refractivity contribution in [2.45, 2.75) is 56.3 Å². The zero-order valence-corrected chi connectivity index (χ0v) is 20.5. The highest BCUT2D eigenvalue weighted by Gasteiger charge is 2.38. The molecule has 0 radical (unpaired) electrons. The Morgan fingerprint density at radius 2 is 1.76 bits per heavy atom. The summed E-state index contributed by atoms with van der Waals surface area (Å²) >= 11 is 0. The van der Waals surface area contributed by atoms with Crippen LogP contribution in [0.4, 0.5) is 0 Å². The molecular weight excluding hydrogens is 498 g/mol. The van der Waals surface area contributed by atoms with Crippen molar-refractivity contribution in [1.82, 2.24) is 25.5 Å². The largest absolute Gasteiger partial charge is 0.508 e. The van der Waals surface area contributed by atoms with Gasteiger partial charge in [-0.1, -0.05) is 12.1 Å². The molecule has 4 amide bonds. The lowest BCUT2D eigenvalue weighted by Crippen LogP contribution is -2.58. The molecule has 14 heteroatoms. The molecule has 14 nitrogen and oxygen atoms in total. The number of carboxylic acids is 1. The summed E-state index contributed by atoms with van der Waals surface area (Å²) < 4.78 is 0. The summed E-state index contributed by atoms with van der Waals surface area (Å²) in [5.41, 5.74) is 12.4. The SMILES string of the molecule is NC(=O)CC(NC(=O)C(N)Cc1cnc[nH]1)C(=O)NC(Cc1ccc(O)cc1)C(=O)N1CCCC1C(=O)O. The van der Waals surface area contributed by atoms with Gasteiger partial charge in [-0.25, -0.2) is 9.78 Å². The molecule has 38 heavy (non-hydrogen) atoms. The van der Waals surface area contributed by atoms with Gasteiger partial charge in [0.05, 0.1) is 18.8 Å². The number of rotatable bonds is 12. The quantitative estimate of drug-likeness (QED) is 0.163. The summed E-state index contributed by atoms with van der Waals surface area (Å²) in [4.78, 5) is 70.5. The van der Waals surface area contributed by atoms with E-state index in [1.807, 2.05) is 0 Å². The first kappa shape index (κ1) is 28.1. The van der Waals surface area contributed by atoms with Crippen molar-refractivity contribution < 1.29 is 34.2 Å². The van der Waals surface area contributed by atoms with E-state index in [9.17, 15) is 34.2 Å². The maximum Gasteiger partial charge on any atom is 0.326 e. The molecule has 9 N–H and O–H groups in total. The number of carbonyl (C=O) groups is 5. The second-order valence-corrected chi connectivity index (χ2v) is 9.08. The summed E-state index contributed by atoms with van der Waals surface area (Å²) in [6, 6.07) is 1.15. The molecule has 204 valence electrons. The van der Waals surface area contributed by atoms with E-state index in [2.05, 4.69) is 20.6 Å². The monoisotopic (exact) mass is 529 g/mol. The molecule has 2 heterocycles. The van der Waals surface area contributed by atoms with Crippen molar-refractivity contribution in [3.63, 3.8) is 0 Å². The Morgan fingerprint density at radius 3 is 2.37 bits per heavy atom. The number of phenolic OH excluding ortho intramolecular Hbond substituents is 1. The molecule has 0 spiro atoms. The number of aromatic nitrogens is 2. The third kappa shape index (κ3) is 7.52. The van der Waals surface area contributed by atoms with Gasteiger partial charge in [-0.05, 0) is 30.5 Å². The Morgan fingerprint density at radius 1 is 1.08 bits per heavy atom. The minimum Gasteiger partial charge on any atom is -0.508 e. The van der Waals surface area contributed by atoms with Gasteiger partial charge in [-0.3, -0.25) is 19.2 Å². The first-order chi connectivity index (χ1) is 18.0. The van der Waals surface area contributed by atoms with Gasteiger partial charge in [-0.15, -0.1) is 0 Å². The number of imidazole rings is 1. The number of likely N-dealkylation sites (tertiary alicyclic amines) is 1. The highest BCUT2D eigenvalue weighted by molar-refractivity contribution is 5.96. The second-order valence-electron chi connectivity index (χ2n) is 9.08. The molecular formula is C24H31N7O7. The van der Waals surface area contributed by atoms with Gasteiger partial charge in [0.2, 0.25) is 23.6 Å². The third-order valence-corrected chi connectivity index (χ3v) is 6.18. The van der Waals surface area contributed by atoms with Crippen molar-refractivity contribution in [1.29, 1.82) is 0 Å². The average molecular weight is 530 g/mol. The summed E-state index contributed by atoms with van der Waals surface area (Å²) in [6.07, 6.45) is 3.16. The minimum atomic E-state index is -1.43. The third-order valence-electron chi connectivity index (χ3n) is 6.18. The van der Waals surface area contributed by atoms with Gasteiger partial charge in [0, 0.05) is 31.3 Å². The summed E-state index contributed by atoms with van der Waals surface area (Å²) in [7, 11) is 0. The molecule has 1 aromatic carbocycles. The number of hydrogen-bond donors (Lipinski definition) is 7. The zero-order chi connectivity index (χ0) is 27.8. The standard InChI is InChI=1S/C24H31N7O7/c25-16(9-14-11-27-12-28-14)21(34)29-17(10-20(26)33)22(35)30-18(8-13-3-5-15(32)6-4-13)23(36)31-7-1-2-19(31)24(37)38/h3-6,11-12,16-19,32H,1-2,7-10,25H2,(H2,26,33)(H,27,28)(H,29,34)(H,30,35)(H,37,38). The molecule has 0 saturated carbocycles. The van der Waals surface area contributed by atoms with Crippen LogP contribution < -0.4 is 22.1 Å². The van der Waals surface area contributed by atoms with E-state index in [4.69, 9.17) is 11.5 Å². The fourth-order valence-electron chi connectivity index (χ4n) is 4.24. The average Bonchev–Trinajstić information content (AvgIpc) is 3.56. The lowest BCUT2D eigenvalue weighted by molar-refractivity contribution is -0.149. The normalized spacial score (nSPS) is 17.3. The van der Waals surface area contributed by atoms with Crippen LogP contribution in [0.5, 0.6) is 5.75 Å². The number of carboxylic acid groups (broad SMARTS) is 1. The number of phenols is 1. The number of nitrogens with one attached hydrogen (secondary N) is 3. The fraction of sp³-hybridized carbons (Fsp3) is 0.417. The molecule has 1 aliphatic heterocycles. The molecule has 0 aliphatic carbocycles. The summed E-state index contributed by atoms with van der Waals surface area (Å²) in [5.74, 6) is -4.25. The van der Waals surface area contributed by atoms with Crippen LogP contribution in [-0.4, -0.2) is 85.4 Å². The molecule has 4 atom stereocenters. The van der Waals surface area contributed by atoms with Crippen molar-refractivity contribution in [2.24, 2.45) is 11.5 Å². The van der Waals surface area contributed by atoms with Crippen molar-refractivity contribution >= 4 is 29.6 Å². The summed E-state index contributed by atoms with van der Waals surface area (Å²) in [6.45, 7) is 0.196. The van der Waals surface area contributed by atoms with E-state index in [0.717, 1.165) is 0 Å².